The van der Waals surface area contributed by atoms with Crippen molar-refractivity contribution < 1.29 is 29.7 Å². The zero-order chi connectivity index (χ0) is 25.2. The number of amides is 1. The van der Waals surface area contributed by atoms with Gasteiger partial charge < -0.3 is 32.1 Å². The third-order valence-corrected chi connectivity index (χ3v) is 4.03. The van der Waals surface area contributed by atoms with Crippen LogP contribution in [0.5, 0.6) is 0 Å². The number of nitrogens with one attached hydrogen (secondary N) is 2. The summed E-state index contributed by atoms with van der Waals surface area (Å²) in [5.74, 6) is -2.07. The Bertz CT molecular complexity index is 478. The van der Waals surface area contributed by atoms with Gasteiger partial charge in [0, 0.05) is 62.5 Å². The molecule has 0 unspecified atom stereocenters. The number of carboxylic acids is 2. The molecule has 12 heteroatoms. The fourth-order valence-electron chi connectivity index (χ4n) is 2.64. The van der Waals surface area contributed by atoms with E-state index in [-0.39, 0.29) is 54.6 Å². The first kappa shape index (κ1) is 38.8. The van der Waals surface area contributed by atoms with E-state index >= 15 is 0 Å². The number of carbonyl (C=O) groups excluding carboxylic acids is 1. The van der Waals surface area contributed by atoms with Gasteiger partial charge in [-0.05, 0) is 6.42 Å². The van der Waals surface area contributed by atoms with E-state index in [1.165, 1.54) is 44.9 Å². The second kappa shape index (κ2) is 30.6. The van der Waals surface area contributed by atoms with Crippen molar-refractivity contribution in [1.82, 2.24) is 10.2 Å². The number of aliphatic hydroxyl groups excluding tert-OH is 1. The smallest absolute Gasteiger partial charge is 0.317 e. The molecule has 0 rings (SSSR count). The Morgan fingerprint density at radius 2 is 1.33 bits per heavy atom. The van der Waals surface area contributed by atoms with Crippen LogP contribution in [0, 0.1) is 5.41 Å². The number of aliphatic hydroxyl groups is 1. The Kier molecular flexibility index (Phi) is 36.0. The number of carbonyl (C=O) groups is 3. The molecule has 0 saturated carbocycles. The standard InChI is InChI=1S/C18H36N2O4.C2H4O2.CH5N3.Na/c1-2-3-4-5-6-7-8-9-10-11-17(22)19-12-13-20(14-15-21)16-18(23)24;1-2(3)4;2-1(3)4;/h21H,2-16H2,1H3,(H,19,22)(H,23,24);1H3,(H,3,4);(H5,2,3,4);. The van der Waals surface area contributed by atoms with E-state index in [2.05, 4.69) is 23.7 Å². The quantitative estimate of drug-likeness (QED) is 0.0675. The van der Waals surface area contributed by atoms with Crippen molar-refractivity contribution in [2.75, 3.05) is 32.8 Å². The van der Waals surface area contributed by atoms with Crippen LogP contribution in [0.15, 0.2) is 0 Å². The average Bonchev–Trinajstić information content (AvgIpc) is 2.65. The van der Waals surface area contributed by atoms with Gasteiger partial charge >= 0.3 is 5.97 Å². The van der Waals surface area contributed by atoms with Gasteiger partial charge in [0.25, 0.3) is 5.97 Å². The number of carboxylic acid groups (broad SMARTS) is 2. The van der Waals surface area contributed by atoms with Crippen molar-refractivity contribution in [3.05, 3.63) is 0 Å². The molecule has 1 amide bonds. The van der Waals surface area contributed by atoms with Crippen LogP contribution in [-0.4, -0.2) is 106 Å². The first-order valence-corrected chi connectivity index (χ1v) is 11.2. The molecular formula is C21H45N5NaO6. The molecule has 33 heavy (non-hydrogen) atoms. The van der Waals surface area contributed by atoms with Crippen LogP contribution in [0.1, 0.15) is 78.1 Å². The van der Waals surface area contributed by atoms with E-state index in [0.717, 1.165) is 19.8 Å². The summed E-state index contributed by atoms with van der Waals surface area (Å²) in [7, 11) is 0. The van der Waals surface area contributed by atoms with Crippen LogP contribution in [0.25, 0.3) is 0 Å². The molecule has 0 aromatic heterocycles. The Morgan fingerprint density at radius 3 is 1.73 bits per heavy atom. The summed E-state index contributed by atoms with van der Waals surface area (Å²) in [6.07, 6.45) is 11.6. The van der Waals surface area contributed by atoms with Crippen LogP contribution in [0.4, 0.5) is 0 Å². The molecule has 0 aromatic rings. The molecule has 9 N–H and O–H groups in total. The van der Waals surface area contributed by atoms with E-state index in [9.17, 15) is 9.59 Å². The summed E-state index contributed by atoms with van der Waals surface area (Å²) in [4.78, 5) is 33.0. The second-order valence-electron chi connectivity index (χ2n) is 7.30. The van der Waals surface area contributed by atoms with Crippen LogP contribution < -0.4 is 16.8 Å². The maximum atomic E-state index is 11.7. The van der Waals surface area contributed by atoms with Gasteiger partial charge in [-0.3, -0.25) is 24.7 Å². The summed E-state index contributed by atoms with van der Waals surface area (Å²) < 4.78 is 0. The van der Waals surface area contributed by atoms with E-state index in [0.29, 0.717) is 26.1 Å². The molecule has 0 fully saturated rings. The molecule has 0 spiro atoms. The van der Waals surface area contributed by atoms with Gasteiger partial charge in [-0.2, -0.15) is 0 Å². The fourth-order valence-corrected chi connectivity index (χ4v) is 2.64. The van der Waals surface area contributed by atoms with Gasteiger partial charge in [0.05, 0.1) is 13.2 Å². The average molecular weight is 487 g/mol. The molecule has 0 atom stereocenters. The molecule has 0 aliphatic rings. The molecule has 0 saturated heterocycles. The van der Waals surface area contributed by atoms with Gasteiger partial charge in [0.2, 0.25) is 5.91 Å². The normalized spacial score (nSPS) is 9.45. The zero-order valence-electron chi connectivity index (χ0n) is 20.8. The van der Waals surface area contributed by atoms with E-state index in [4.69, 9.17) is 25.5 Å². The second-order valence-corrected chi connectivity index (χ2v) is 7.30. The number of nitrogens with zero attached hydrogens (tertiary/aromatic N) is 1. The Hall–Kier alpha value is -1.40. The molecule has 0 bridgehead atoms. The summed E-state index contributed by atoms with van der Waals surface area (Å²) in [6.45, 7) is 4.27. The molecule has 11 nitrogen and oxygen atoms in total. The van der Waals surface area contributed by atoms with Gasteiger partial charge in [0.1, 0.15) is 0 Å². The predicted molar refractivity (Wildman–Crippen MR) is 131 cm³/mol. The monoisotopic (exact) mass is 486 g/mol. The third kappa shape index (κ3) is 49.0. The van der Waals surface area contributed by atoms with Crippen LogP contribution in [0.3, 0.4) is 0 Å². The van der Waals surface area contributed by atoms with Crippen LogP contribution in [-0.2, 0) is 14.4 Å². The number of hydrogen-bond donors (Lipinski definition) is 7. The maximum Gasteiger partial charge on any atom is 0.317 e. The summed E-state index contributed by atoms with van der Waals surface area (Å²) >= 11 is 0. The predicted octanol–water partition coefficient (Wildman–Crippen LogP) is 0.951. The Morgan fingerprint density at radius 1 is 0.909 bits per heavy atom. The van der Waals surface area contributed by atoms with Gasteiger partial charge in [0.15, 0.2) is 5.96 Å². The SMILES string of the molecule is CC(=O)O.CCCCCCCCCCCC(=O)NCCN(CCO)CC(=O)O.N=C(N)N.[Na]. The van der Waals surface area contributed by atoms with Crippen LogP contribution >= 0.6 is 0 Å². The van der Waals surface area contributed by atoms with Crippen molar-refractivity contribution >= 4 is 53.4 Å². The van der Waals surface area contributed by atoms with E-state index in [1.807, 2.05) is 0 Å². The minimum atomic E-state index is -0.926. The first-order chi connectivity index (χ1) is 15.1. The molecular weight excluding hydrogens is 441 g/mol. The maximum absolute atomic E-state index is 11.7. The molecule has 0 aliphatic heterocycles. The number of guanidine groups is 1. The molecule has 0 aliphatic carbocycles. The van der Waals surface area contributed by atoms with Gasteiger partial charge in [-0.25, -0.2) is 0 Å². The number of aliphatic carboxylic acids is 2. The summed E-state index contributed by atoms with van der Waals surface area (Å²) in [6, 6.07) is 0. The largest absolute Gasteiger partial charge is 0.481 e. The number of rotatable bonds is 17. The first-order valence-electron chi connectivity index (χ1n) is 11.2. The molecule has 191 valence electrons. The van der Waals surface area contributed by atoms with E-state index in [1.54, 1.807) is 4.90 Å². The van der Waals surface area contributed by atoms with Crippen molar-refractivity contribution in [3.8, 4) is 0 Å². The van der Waals surface area contributed by atoms with Gasteiger partial charge in [-0.15, -0.1) is 0 Å². The Labute approximate surface area is 220 Å². The van der Waals surface area contributed by atoms with Crippen molar-refractivity contribution in [2.24, 2.45) is 11.5 Å². The molecule has 0 aromatic carbocycles. The topological polar surface area (TPSA) is 203 Å². The van der Waals surface area contributed by atoms with Crippen molar-refractivity contribution in [3.63, 3.8) is 0 Å². The number of unbranched alkanes of at least 4 members (excludes halogenated alkanes) is 8. The number of nitrogens with two attached hydrogens (primary N) is 2. The molecule has 1 radical (unpaired) electrons. The third-order valence-electron chi connectivity index (χ3n) is 4.03. The summed E-state index contributed by atoms with van der Waals surface area (Å²) in [5, 5.41) is 33.9. The van der Waals surface area contributed by atoms with Gasteiger partial charge in [-0.1, -0.05) is 58.3 Å². The number of hydrogen-bond acceptors (Lipinski definition) is 6. The Balaban J connectivity index is -0.000000401. The minimum absolute atomic E-state index is 0. The van der Waals surface area contributed by atoms with Crippen molar-refractivity contribution in [2.45, 2.75) is 78.1 Å². The minimum Gasteiger partial charge on any atom is -0.481 e. The molecule has 0 heterocycles. The fraction of sp³-hybridized carbons (Fsp3) is 0.810. The summed E-state index contributed by atoms with van der Waals surface area (Å²) in [5.41, 5.74) is 8.94. The van der Waals surface area contributed by atoms with E-state index < -0.39 is 11.9 Å². The van der Waals surface area contributed by atoms with Crippen molar-refractivity contribution in [1.29, 1.82) is 5.41 Å². The van der Waals surface area contributed by atoms with Crippen LogP contribution in [0.2, 0.25) is 0 Å². The zero-order valence-corrected chi connectivity index (χ0v) is 22.8.